The third kappa shape index (κ3) is 3.40. The van der Waals surface area contributed by atoms with Crippen LogP contribution in [0.5, 0.6) is 0 Å². The predicted molar refractivity (Wildman–Crippen MR) is 83.3 cm³/mol. The number of oxazole rings is 1. The molecular weight excluding hydrogens is 308 g/mol. The molecule has 2 aromatic rings. The van der Waals surface area contributed by atoms with Gasteiger partial charge in [0.15, 0.2) is 11.2 Å². The minimum atomic E-state index is -2.95. The second-order valence-corrected chi connectivity index (χ2v) is 9.03. The lowest BCUT2D eigenvalue weighted by atomic mass is 9.72. The van der Waals surface area contributed by atoms with Crippen molar-refractivity contribution >= 4 is 32.8 Å². The standard InChI is InChI=1S/C14H18N2O3S2/c1-10-4-5-11-12(15-10)16-13(19-11)20-8-14(6-3-7-14)9-21(2,17)18/h4-5H,3,6-9H2,1-2H3. The lowest BCUT2D eigenvalue weighted by molar-refractivity contribution is 0.201. The average Bonchev–Trinajstić information content (AvgIpc) is 2.73. The molecule has 21 heavy (non-hydrogen) atoms. The van der Waals surface area contributed by atoms with E-state index in [1.165, 1.54) is 18.0 Å². The van der Waals surface area contributed by atoms with Gasteiger partial charge in [0, 0.05) is 17.7 Å². The number of pyridine rings is 1. The monoisotopic (exact) mass is 326 g/mol. The lowest BCUT2D eigenvalue weighted by Crippen LogP contribution is -2.38. The molecule has 0 amide bonds. The molecule has 0 unspecified atom stereocenters. The molecule has 0 N–H and O–H groups in total. The van der Waals surface area contributed by atoms with Crippen LogP contribution in [0.4, 0.5) is 0 Å². The summed E-state index contributed by atoms with van der Waals surface area (Å²) in [6.07, 6.45) is 4.34. The summed E-state index contributed by atoms with van der Waals surface area (Å²) in [4.78, 5) is 8.69. The highest BCUT2D eigenvalue weighted by molar-refractivity contribution is 7.99. The predicted octanol–water partition coefficient (Wildman–Crippen LogP) is 2.84. The van der Waals surface area contributed by atoms with Crippen LogP contribution in [0.2, 0.25) is 0 Å². The van der Waals surface area contributed by atoms with Crippen LogP contribution in [0.15, 0.2) is 21.8 Å². The highest BCUT2D eigenvalue weighted by Gasteiger charge is 2.40. The number of thioether (sulfide) groups is 1. The first-order valence-electron chi connectivity index (χ1n) is 6.90. The average molecular weight is 326 g/mol. The quantitative estimate of drug-likeness (QED) is 0.787. The Morgan fingerprint density at radius 2 is 2.10 bits per heavy atom. The van der Waals surface area contributed by atoms with Crippen molar-refractivity contribution < 1.29 is 12.8 Å². The van der Waals surface area contributed by atoms with E-state index in [0.717, 1.165) is 30.7 Å². The van der Waals surface area contributed by atoms with Crippen molar-refractivity contribution in [3.63, 3.8) is 0 Å². The molecule has 1 aliphatic rings. The summed E-state index contributed by atoms with van der Waals surface area (Å²) in [5.74, 6) is 0.983. The van der Waals surface area contributed by atoms with Crippen LogP contribution in [-0.4, -0.2) is 36.1 Å². The first-order valence-corrected chi connectivity index (χ1v) is 9.95. The van der Waals surface area contributed by atoms with E-state index in [1.807, 2.05) is 19.1 Å². The molecule has 5 nitrogen and oxygen atoms in total. The summed E-state index contributed by atoms with van der Waals surface area (Å²) in [7, 11) is -2.95. The fourth-order valence-electron chi connectivity index (χ4n) is 2.73. The minimum Gasteiger partial charge on any atom is -0.430 e. The van der Waals surface area contributed by atoms with Crippen molar-refractivity contribution in [1.29, 1.82) is 0 Å². The van der Waals surface area contributed by atoms with Crippen LogP contribution in [0.1, 0.15) is 25.0 Å². The summed E-state index contributed by atoms with van der Waals surface area (Å²) in [6, 6.07) is 3.75. The van der Waals surface area contributed by atoms with Gasteiger partial charge in [-0.1, -0.05) is 18.2 Å². The molecule has 0 aliphatic heterocycles. The van der Waals surface area contributed by atoms with Gasteiger partial charge >= 0.3 is 0 Å². The molecule has 0 bridgehead atoms. The molecule has 1 aliphatic carbocycles. The maximum Gasteiger partial charge on any atom is 0.258 e. The molecule has 0 radical (unpaired) electrons. The Morgan fingerprint density at radius 3 is 2.71 bits per heavy atom. The van der Waals surface area contributed by atoms with Gasteiger partial charge in [-0.3, -0.25) is 0 Å². The minimum absolute atomic E-state index is 0.109. The Morgan fingerprint density at radius 1 is 1.33 bits per heavy atom. The number of nitrogens with zero attached hydrogens (tertiary/aromatic N) is 2. The van der Waals surface area contributed by atoms with E-state index in [2.05, 4.69) is 9.97 Å². The molecule has 7 heteroatoms. The van der Waals surface area contributed by atoms with Gasteiger partial charge < -0.3 is 4.42 Å². The Kier molecular flexibility index (Phi) is 3.73. The number of hydrogen-bond donors (Lipinski definition) is 0. The second-order valence-electron chi connectivity index (χ2n) is 5.97. The lowest BCUT2D eigenvalue weighted by Gasteiger charge is -2.40. The zero-order valence-corrected chi connectivity index (χ0v) is 13.8. The van der Waals surface area contributed by atoms with Gasteiger partial charge in [0.25, 0.3) is 5.22 Å². The molecule has 0 spiro atoms. The molecule has 0 atom stereocenters. The van der Waals surface area contributed by atoms with Crippen molar-refractivity contribution in [2.75, 3.05) is 17.8 Å². The van der Waals surface area contributed by atoms with Crippen molar-refractivity contribution in [2.45, 2.75) is 31.4 Å². The van der Waals surface area contributed by atoms with E-state index in [0.29, 0.717) is 16.5 Å². The Bertz CT molecular complexity index is 764. The molecule has 0 aromatic carbocycles. The van der Waals surface area contributed by atoms with E-state index in [9.17, 15) is 8.42 Å². The smallest absolute Gasteiger partial charge is 0.258 e. The summed E-state index contributed by atoms with van der Waals surface area (Å²) < 4.78 is 28.8. The maximum absolute atomic E-state index is 11.6. The van der Waals surface area contributed by atoms with Gasteiger partial charge in [-0.05, 0) is 37.3 Å². The normalized spacial score (nSPS) is 17.8. The molecule has 0 saturated heterocycles. The number of aromatic nitrogens is 2. The van der Waals surface area contributed by atoms with Crippen LogP contribution >= 0.6 is 11.8 Å². The topological polar surface area (TPSA) is 73.1 Å². The van der Waals surface area contributed by atoms with E-state index in [4.69, 9.17) is 4.42 Å². The highest BCUT2D eigenvalue weighted by atomic mass is 32.2. The zero-order valence-electron chi connectivity index (χ0n) is 12.1. The van der Waals surface area contributed by atoms with Gasteiger partial charge in [-0.15, -0.1) is 0 Å². The molecule has 3 rings (SSSR count). The Hall–Kier alpha value is -1.08. The van der Waals surface area contributed by atoms with Crippen molar-refractivity contribution in [3.8, 4) is 0 Å². The van der Waals surface area contributed by atoms with Crippen molar-refractivity contribution in [3.05, 3.63) is 17.8 Å². The van der Waals surface area contributed by atoms with Gasteiger partial charge in [-0.2, -0.15) is 4.98 Å². The van der Waals surface area contributed by atoms with E-state index < -0.39 is 9.84 Å². The van der Waals surface area contributed by atoms with Gasteiger partial charge in [0.05, 0.1) is 5.75 Å². The molecule has 2 heterocycles. The Labute approximate surface area is 128 Å². The SMILES string of the molecule is Cc1ccc2oc(SCC3(CS(C)(=O)=O)CCC3)nc2n1. The zero-order chi connectivity index (χ0) is 15.1. The number of aryl methyl sites for hydroxylation is 1. The van der Waals surface area contributed by atoms with Gasteiger partial charge in [-0.25, -0.2) is 13.4 Å². The Balaban J connectivity index is 1.73. The van der Waals surface area contributed by atoms with Crippen molar-refractivity contribution in [1.82, 2.24) is 9.97 Å². The molecular formula is C14H18N2O3S2. The van der Waals surface area contributed by atoms with Gasteiger partial charge in [0.1, 0.15) is 9.84 Å². The summed E-state index contributed by atoms with van der Waals surface area (Å²) in [6.45, 7) is 1.91. The summed E-state index contributed by atoms with van der Waals surface area (Å²) in [5, 5.41) is 0.572. The van der Waals surface area contributed by atoms with Gasteiger partial charge in [0.2, 0.25) is 0 Å². The van der Waals surface area contributed by atoms with E-state index in [1.54, 1.807) is 0 Å². The molecule has 2 aromatic heterocycles. The number of sulfone groups is 1. The number of rotatable bonds is 5. The third-order valence-corrected chi connectivity index (χ3v) is 6.17. The third-order valence-electron chi connectivity index (χ3n) is 3.86. The van der Waals surface area contributed by atoms with Crippen LogP contribution < -0.4 is 0 Å². The van der Waals surface area contributed by atoms with Crippen LogP contribution in [-0.2, 0) is 9.84 Å². The summed E-state index contributed by atoms with van der Waals surface area (Å²) in [5.41, 5.74) is 2.08. The van der Waals surface area contributed by atoms with Crippen LogP contribution in [0.25, 0.3) is 11.2 Å². The highest BCUT2D eigenvalue weighted by Crippen LogP contribution is 2.45. The number of hydrogen-bond acceptors (Lipinski definition) is 6. The maximum atomic E-state index is 11.6. The van der Waals surface area contributed by atoms with E-state index >= 15 is 0 Å². The first-order chi connectivity index (χ1) is 9.85. The summed E-state index contributed by atoms with van der Waals surface area (Å²) >= 11 is 1.49. The van der Waals surface area contributed by atoms with Crippen LogP contribution in [0, 0.1) is 12.3 Å². The van der Waals surface area contributed by atoms with E-state index in [-0.39, 0.29) is 11.2 Å². The fourth-order valence-corrected chi connectivity index (χ4v) is 5.49. The molecule has 1 fully saturated rings. The second kappa shape index (κ2) is 5.28. The molecule has 114 valence electrons. The first kappa shape index (κ1) is 14.8. The van der Waals surface area contributed by atoms with Crippen molar-refractivity contribution in [2.24, 2.45) is 5.41 Å². The number of fused-ring (bicyclic) bond motifs is 1. The van der Waals surface area contributed by atoms with Crippen LogP contribution in [0.3, 0.4) is 0 Å². The fraction of sp³-hybridized carbons (Fsp3) is 0.571. The molecule has 1 saturated carbocycles. The largest absolute Gasteiger partial charge is 0.430 e.